The highest BCUT2D eigenvalue weighted by atomic mass is 16.5. The molecule has 2 amide bonds. The van der Waals surface area contributed by atoms with E-state index in [0.29, 0.717) is 6.04 Å². The number of carbonyl (C=O) groups is 1. The van der Waals surface area contributed by atoms with Gasteiger partial charge in [0.1, 0.15) is 5.75 Å². The molecule has 5 heteroatoms. The molecule has 4 rings (SSSR count). The summed E-state index contributed by atoms with van der Waals surface area (Å²) in [6.45, 7) is 2.66. The van der Waals surface area contributed by atoms with Gasteiger partial charge in [0, 0.05) is 42.8 Å². The van der Waals surface area contributed by atoms with E-state index < -0.39 is 0 Å². The quantitative estimate of drug-likeness (QED) is 0.889. The minimum absolute atomic E-state index is 0.00836. The predicted octanol–water partition coefficient (Wildman–Crippen LogP) is 1.66. The second-order valence-electron chi connectivity index (χ2n) is 6.18. The van der Waals surface area contributed by atoms with E-state index in [1.54, 1.807) is 0 Å². The van der Waals surface area contributed by atoms with Crippen LogP contribution in [-0.4, -0.2) is 37.8 Å². The van der Waals surface area contributed by atoms with Crippen molar-refractivity contribution in [1.82, 2.24) is 10.6 Å². The van der Waals surface area contributed by atoms with Crippen LogP contribution in [0.4, 0.5) is 10.5 Å². The van der Waals surface area contributed by atoms with Crippen molar-refractivity contribution >= 4 is 11.7 Å². The summed E-state index contributed by atoms with van der Waals surface area (Å²) in [5.41, 5.74) is 2.59. The third-order valence-electron chi connectivity index (χ3n) is 4.49. The molecule has 2 fully saturated rings. The maximum atomic E-state index is 11.8. The van der Waals surface area contributed by atoms with Crippen LogP contribution >= 0.6 is 0 Å². The number of fused-ring (bicyclic) bond motifs is 1. The van der Waals surface area contributed by atoms with E-state index in [1.807, 2.05) is 6.07 Å². The topological polar surface area (TPSA) is 53.6 Å². The Labute approximate surface area is 124 Å². The maximum absolute atomic E-state index is 11.8. The SMILES string of the molecule is O=C(NC1CC1)NC1CCN(c2cccc3c2CCO3)C1. The molecule has 1 saturated carbocycles. The monoisotopic (exact) mass is 287 g/mol. The smallest absolute Gasteiger partial charge is 0.315 e. The number of carbonyl (C=O) groups excluding carboxylic acids is 1. The largest absolute Gasteiger partial charge is 0.493 e. The standard InChI is InChI=1S/C16H21N3O2/c20-16(17-11-4-5-11)18-12-6-8-19(10-12)14-2-1-3-15-13(14)7-9-21-15/h1-3,11-12H,4-10H2,(H2,17,18,20). The normalized spacial score (nSPS) is 23.6. The molecule has 5 nitrogen and oxygen atoms in total. The highest BCUT2D eigenvalue weighted by molar-refractivity contribution is 5.75. The fourth-order valence-corrected chi connectivity index (χ4v) is 3.24. The molecule has 0 radical (unpaired) electrons. The fourth-order valence-electron chi connectivity index (χ4n) is 3.24. The molecule has 0 bridgehead atoms. The number of urea groups is 1. The predicted molar refractivity (Wildman–Crippen MR) is 80.9 cm³/mol. The molecule has 2 aliphatic heterocycles. The summed E-state index contributed by atoms with van der Waals surface area (Å²) >= 11 is 0. The van der Waals surface area contributed by atoms with E-state index in [2.05, 4.69) is 27.7 Å². The van der Waals surface area contributed by atoms with Gasteiger partial charge in [-0.25, -0.2) is 4.79 Å². The van der Waals surface area contributed by atoms with Crippen molar-refractivity contribution in [3.8, 4) is 5.75 Å². The fraction of sp³-hybridized carbons (Fsp3) is 0.562. The Bertz CT molecular complexity index is 556. The van der Waals surface area contributed by atoms with E-state index >= 15 is 0 Å². The second kappa shape index (κ2) is 5.13. The molecule has 2 N–H and O–H groups in total. The van der Waals surface area contributed by atoms with Gasteiger partial charge in [0.05, 0.1) is 6.61 Å². The van der Waals surface area contributed by atoms with E-state index in [9.17, 15) is 4.79 Å². The van der Waals surface area contributed by atoms with Gasteiger partial charge in [-0.15, -0.1) is 0 Å². The molecule has 21 heavy (non-hydrogen) atoms. The zero-order valence-corrected chi connectivity index (χ0v) is 12.1. The molecule has 1 aromatic carbocycles. The van der Waals surface area contributed by atoms with Crippen LogP contribution < -0.4 is 20.3 Å². The van der Waals surface area contributed by atoms with Crippen LogP contribution in [0.5, 0.6) is 5.75 Å². The molecule has 1 aliphatic carbocycles. The van der Waals surface area contributed by atoms with Gasteiger partial charge < -0.3 is 20.3 Å². The van der Waals surface area contributed by atoms with Crippen LogP contribution in [0.1, 0.15) is 24.8 Å². The van der Waals surface area contributed by atoms with Gasteiger partial charge in [0.15, 0.2) is 0 Å². The summed E-state index contributed by atoms with van der Waals surface area (Å²) < 4.78 is 5.63. The Kier molecular flexibility index (Phi) is 3.13. The van der Waals surface area contributed by atoms with Gasteiger partial charge in [-0.2, -0.15) is 0 Å². The van der Waals surface area contributed by atoms with Crippen LogP contribution in [0, 0.1) is 0 Å². The van der Waals surface area contributed by atoms with Crippen LogP contribution in [0.15, 0.2) is 18.2 Å². The minimum atomic E-state index is -0.00836. The number of ether oxygens (including phenoxy) is 1. The number of hydrogen-bond acceptors (Lipinski definition) is 3. The van der Waals surface area contributed by atoms with Crippen molar-refractivity contribution in [1.29, 1.82) is 0 Å². The summed E-state index contributed by atoms with van der Waals surface area (Å²) in [4.78, 5) is 14.2. The Hall–Kier alpha value is -1.91. The third-order valence-corrected chi connectivity index (χ3v) is 4.49. The summed E-state index contributed by atoms with van der Waals surface area (Å²) in [5.74, 6) is 1.02. The van der Waals surface area contributed by atoms with Crippen molar-refractivity contribution in [2.45, 2.75) is 37.8 Å². The Morgan fingerprint density at radius 3 is 2.90 bits per heavy atom. The third kappa shape index (κ3) is 2.64. The second-order valence-corrected chi connectivity index (χ2v) is 6.18. The Morgan fingerprint density at radius 1 is 1.19 bits per heavy atom. The average Bonchev–Trinajstić information content (AvgIpc) is 2.99. The minimum Gasteiger partial charge on any atom is -0.493 e. The lowest BCUT2D eigenvalue weighted by atomic mass is 10.1. The molecular weight excluding hydrogens is 266 g/mol. The summed E-state index contributed by atoms with van der Waals surface area (Å²) in [7, 11) is 0. The lowest BCUT2D eigenvalue weighted by Gasteiger charge is -2.21. The number of anilines is 1. The summed E-state index contributed by atoms with van der Waals surface area (Å²) in [5, 5.41) is 6.08. The number of rotatable bonds is 3. The molecule has 3 aliphatic rings. The van der Waals surface area contributed by atoms with Gasteiger partial charge in [-0.3, -0.25) is 0 Å². The number of nitrogens with one attached hydrogen (secondary N) is 2. The Balaban J connectivity index is 1.39. The van der Waals surface area contributed by atoms with Crippen LogP contribution in [0.25, 0.3) is 0 Å². The molecule has 1 atom stereocenters. The van der Waals surface area contributed by atoms with Gasteiger partial charge in [-0.1, -0.05) is 6.07 Å². The van der Waals surface area contributed by atoms with Gasteiger partial charge in [0.25, 0.3) is 0 Å². The molecule has 2 heterocycles. The molecular formula is C16H21N3O2. The Morgan fingerprint density at radius 2 is 2.05 bits per heavy atom. The number of nitrogens with zero attached hydrogens (tertiary/aromatic N) is 1. The first-order valence-corrected chi connectivity index (χ1v) is 7.86. The van der Waals surface area contributed by atoms with E-state index in [1.165, 1.54) is 11.3 Å². The molecule has 0 spiro atoms. The molecule has 1 saturated heterocycles. The molecule has 0 aromatic heterocycles. The lowest BCUT2D eigenvalue weighted by molar-refractivity contribution is 0.237. The number of amides is 2. The first kappa shape index (κ1) is 12.8. The van der Waals surface area contributed by atoms with Crippen molar-refractivity contribution in [3.05, 3.63) is 23.8 Å². The van der Waals surface area contributed by atoms with Gasteiger partial charge in [0.2, 0.25) is 0 Å². The zero-order valence-electron chi connectivity index (χ0n) is 12.1. The van der Waals surface area contributed by atoms with E-state index in [0.717, 1.165) is 51.1 Å². The highest BCUT2D eigenvalue weighted by Gasteiger charge is 2.29. The van der Waals surface area contributed by atoms with Crippen molar-refractivity contribution < 1.29 is 9.53 Å². The van der Waals surface area contributed by atoms with Crippen molar-refractivity contribution in [2.24, 2.45) is 0 Å². The van der Waals surface area contributed by atoms with Crippen molar-refractivity contribution in [2.75, 3.05) is 24.6 Å². The number of hydrogen-bond donors (Lipinski definition) is 2. The highest BCUT2D eigenvalue weighted by Crippen LogP contribution is 2.35. The zero-order chi connectivity index (χ0) is 14.2. The lowest BCUT2D eigenvalue weighted by Crippen LogP contribution is -2.44. The number of benzene rings is 1. The average molecular weight is 287 g/mol. The first-order chi connectivity index (χ1) is 10.3. The van der Waals surface area contributed by atoms with Crippen LogP contribution in [0.3, 0.4) is 0 Å². The van der Waals surface area contributed by atoms with E-state index in [4.69, 9.17) is 4.74 Å². The van der Waals surface area contributed by atoms with Gasteiger partial charge in [-0.05, 0) is 31.4 Å². The van der Waals surface area contributed by atoms with Gasteiger partial charge >= 0.3 is 6.03 Å². The first-order valence-electron chi connectivity index (χ1n) is 7.86. The molecule has 1 aromatic rings. The summed E-state index contributed by atoms with van der Waals surface area (Å²) in [6, 6.07) is 6.91. The summed E-state index contributed by atoms with van der Waals surface area (Å²) in [6.07, 6.45) is 4.24. The van der Waals surface area contributed by atoms with Crippen molar-refractivity contribution in [3.63, 3.8) is 0 Å². The molecule has 112 valence electrons. The molecule has 1 unspecified atom stereocenters. The van der Waals surface area contributed by atoms with E-state index in [-0.39, 0.29) is 12.1 Å². The maximum Gasteiger partial charge on any atom is 0.315 e. The van der Waals surface area contributed by atoms with Crippen LogP contribution in [-0.2, 0) is 6.42 Å². The van der Waals surface area contributed by atoms with Crippen LogP contribution in [0.2, 0.25) is 0 Å².